The van der Waals surface area contributed by atoms with Crippen LogP contribution in [0, 0.1) is 11.3 Å². The number of esters is 1. The first-order valence-corrected chi connectivity index (χ1v) is 10.4. The maximum atomic E-state index is 11.5. The van der Waals surface area contributed by atoms with Crippen molar-refractivity contribution >= 4 is 31.7 Å². The first-order chi connectivity index (χ1) is 13.6. The van der Waals surface area contributed by atoms with Crippen LogP contribution in [-0.2, 0) is 23.7 Å². The van der Waals surface area contributed by atoms with Gasteiger partial charge in [0.1, 0.15) is 13.1 Å². The van der Waals surface area contributed by atoms with E-state index in [9.17, 15) is 14.4 Å². The lowest BCUT2D eigenvalue weighted by molar-refractivity contribution is -0.873. The van der Waals surface area contributed by atoms with Crippen LogP contribution in [0.25, 0.3) is 0 Å². The van der Waals surface area contributed by atoms with Gasteiger partial charge in [-0.2, -0.15) is 0 Å². The zero-order chi connectivity index (χ0) is 25.6. The van der Waals surface area contributed by atoms with Crippen molar-refractivity contribution in [3.05, 3.63) is 0 Å². The molecule has 0 bridgehead atoms. The highest BCUT2D eigenvalue weighted by molar-refractivity contribution is 7.43. The van der Waals surface area contributed by atoms with E-state index in [0.717, 1.165) is 4.90 Å². The highest BCUT2D eigenvalue weighted by Crippen LogP contribution is 2.19. The van der Waals surface area contributed by atoms with Gasteiger partial charge in [0.15, 0.2) is 12.1 Å². The lowest BCUT2D eigenvalue weighted by Gasteiger charge is -2.28. The normalized spacial score (nSPS) is 11.8. The fourth-order valence-corrected chi connectivity index (χ4v) is 1.80. The Morgan fingerprint density at radius 2 is 1.55 bits per heavy atom. The Kier molecular flexibility index (Phi) is 16.7. The van der Waals surface area contributed by atoms with Gasteiger partial charge in [-0.15, -0.1) is 0 Å². The third kappa shape index (κ3) is 35.6. The number of guanidine groups is 1. The molecule has 0 aromatic heterocycles. The van der Waals surface area contributed by atoms with Crippen LogP contribution in [0.4, 0.5) is 0 Å². The molecule has 0 aromatic carbocycles. The monoisotopic (exact) mass is 474 g/mol. The molecule has 0 aromatic rings. The minimum absolute atomic E-state index is 0.140. The van der Waals surface area contributed by atoms with E-state index < -0.39 is 25.9 Å². The Morgan fingerprint density at radius 1 is 1.13 bits per heavy atom. The third-order valence-corrected chi connectivity index (χ3v) is 2.81. The van der Waals surface area contributed by atoms with Gasteiger partial charge in [0.05, 0.1) is 27.6 Å². The van der Waals surface area contributed by atoms with Gasteiger partial charge in [-0.3, -0.25) is 24.4 Å². The van der Waals surface area contributed by atoms with Crippen molar-refractivity contribution in [2.75, 3.05) is 41.3 Å². The Balaban J connectivity index is -0.000000465. The van der Waals surface area contributed by atoms with Crippen LogP contribution in [-0.4, -0.2) is 101 Å². The number of nitrogens with two attached hydrogens (primary N) is 1. The van der Waals surface area contributed by atoms with E-state index in [1.54, 1.807) is 0 Å². The van der Waals surface area contributed by atoms with Gasteiger partial charge < -0.3 is 44.7 Å². The van der Waals surface area contributed by atoms with Crippen molar-refractivity contribution < 1.29 is 53.1 Å². The molecule has 0 rings (SSSR count). The van der Waals surface area contributed by atoms with Crippen molar-refractivity contribution in [1.82, 2.24) is 4.90 Å². The van der Waals surface area contributed by atoms with E-state index in [2.05, 4.69) is 0 Å². The molecule has 0 unspecified atom stereocenters. The van der Waals surface area contributed by atoms with Crippen molar-refractivity contribution in [2.45, 2.75) is 32.8 Å². The van der Waals surface area contributed by atoms with E-state index in [-0.39, 0.29) is 30.8 Å². The number of nitrogens with one attached hydrogen (secondary N) is 1. The Labute approximate surface area is 181 Å². The number of carboxylic acids is 2. The number of carbonyl (C=O) groups excluding carboxylic acids is 1. The van der Waals surface area contributed by atoms with Gasteiger partial charge in [-0.1, -0.05) is 13.8 Å². The maximum absolute atomic E-state index is 11.5. The number of nitrogens with zero attached hydrogens (tertiary/aromatic N) is 2. The molecule has 14 nitrogen and oxygen atoms in total. The van der Waals surface area contributed by atoms with Crippen LogP contribution < -0.4 is 10.6 Å². The van der Waals surface area contributed by atoms with E-state index in [1.807, 2.05) is 35.0 Å². The molecular formula is C16H35N4O10P. The average Bonchev–Trinajstić information content (AvgIpc) is 2.41. The van der Waals surface area contributed by atoms with Crippen LogP contribution in [0.1, 0.15) is 26.7 Å². The first-order valence-electron chi connectivity index (χ1n) is 8.89. The van der Waals surface area contributed by atoms with Gasteiger partial charge in [0.25, 0.3) is 7.82 Å². The summed E-state index contributed by atoms with van der Waals surface area (Å²) in [5.74, 6) is -2.28. The molecule has 184 valence electrons. The van der Waals surface area contributed by atoms with Gasteiger partial charge in [0, 0.05) is 13.5 Å². The van der Waals surface area contributed by atoms with Crippen LogP contribution in [0.15, 0.2) is 0 Å². The summed E-state index contributed by atoms with van der Waals surface area (Å²) in [6.07, 6.45) is -0.370. The molecular weight excluding hydrogens is 439 g/mol. The van der Waals surface area contributed by atoms with Crippen LogP contribution in [0.2, 0.25) is 0 Å². The molecule has 0 saturated carbocycles. The number of hydrogen-bond donors (Lipinski definition) is 6. The molecule has 0 aliphatic rings. The predicted octanol–water partition coefficient (Wildman–Crippen LogP) is -1.54. The van der Waals surface area contributed by atoms with Crippen molar-refractivity contribution in [3.8, 4) is 0 Å². The largest absolute Gasteiger partial charge is 0.756 e. The third-order valence-electron chi connectivity index (χ3n) is 2.81. The number of ether oxygens (including phenoxy) is 1. The molecule has 0 aliphatic carbocycles. The Hall–Kier alpha value is -2.25. The zero-order valence-electron chi connectivity index (χ0n) is 18.6. The van der Waals surface area contributed by atoms with Gasteiger partial charge in [-0.25, -0.2) is 0 Å². The summed E-state index contributed by atoms with van der Waals surface area (Å²) in [5.41, 5.74) is 4.93. The van der Waals surface area contributed by atoms with E-state index in [0.29, 0.717) is 17.4 Å². The lowest BCUT2D eigenvalue weighted by Crippen LogP contribution is -2.43. The number of phosphoric acid groups is 1. The first kappa shape index (κ1) is 33.4. The number of carboxylic acid groups (broad SMARTS) is 2. The fraction of sp³-hybridized carbons (Fsp3) is 0.750. The number of aliphatic carboxylic acids is 2. The van der Waals surface area contributed by atoms with E-state index in [1.165, 1.54) is 7.05 Å². The van der Waals surface area contributed by atoms with Crippen molar-refractivity contribution in [1.29, 1.82) is 5.41 Å². The Bertz CT molecular complexity index is 622. The van der Waals surface area contributed by atoms with Crippen LogP contribution in [0.5, 0.6) is 0 Å². The second-order valence-electron chi connectivity index (χ2n) is 7.91. The quantitative estimate of drug-likeness (QED) is 0.0733. The summed E-state index contributed by atoms with van der Waals surface area (Å²) in [5, 5.41) is 23.7. The van der Waals surface area contributed by atoms with Crippen molar-refractivity contribution in [3.63, 3.8) is 0 Å². The number of rotatable bonds is 9. The molecule has 31 heavy (non-hydrogen) atoms. The fourth-order valence-electron chi connectivity index (χ4n) is 1.80. The molecule has 7 N–H and O–H groups in total. The summed E-state index contributed by atoms with van der Waals surface area (Å²) >= 11 is 0. The molecule has 0 radical (unpaired) electrons. The minimum atomic E-state index is -4.89. The predicted molar refractivity (Wildman–Crippen MR) is 109 cm³/mol. The summed E-state index contributed by atoms with van der Waals surface area (Å²) < 4.78 is 14.5. The Morgan fingerprint density at radius 3 is 1.77 bits per heavy atom. The smallest absolute Gasteiger partial charge is 0.323 e. The average molecular weight is 474 g/mol. The highest BCUT2D eigenvalue weighted by Gasteiger charge is 2.24. The molecule has 15 heteroatoms. The summed E-state index contributed by atoms with van der Waals surface area (Å²) in [7, 11) is 2.36. The van der Waals surface area contributed by atoms with E-state index >= 15 is 0 Å². The molecule has 1 atom stereocenters. The molecule has 0 aliphatic heterocycles. The summed E-state index contributed by atoms with van der Waals surface area (Å²) in [6.45, 7) is 4.12. The minimum Gasteiger partial charge on any atom is -0.756 e. The zero-order valence-corrected chi connectivity index (χ0v) is 19.5. The van der Waals surface area contributed by atoms with Crippen molar-refractivity contribution in [2.24, 2.45) is 11.7 Å². The van der Waals surface area contributed by atoms with Gasteiger partial charge in [0.2, 0.25) is 0 Å². The van der Waals surface area contributed by atoms with E-state index in [4.69, 9.17) is 45.3 Å². The number of carbonyl (C=O) groups is 3. The topological polar surface area (TPSA) is 235 Å². The second-order valence-corrected chi connectivity index (χ2v) is 8.89. The maximum Gasteiger partial charge on any atom is 0.323 e. The molecule has 0 fully saturated rings. The lowest BCUT2D eigenvalue weighted by atomic mass is 10.1. The summed E-state index contributed by atoms with van der Waals surface area (Å²) in [6, 6.07) is 0. The standard InChI is InChI=1S/C12H23NO4.C4H9N3O2.H3O4P/c1-9(2)6-12(16)17-10(7-11(14)15)8-13(3,4)5;1-7(4(5)6)2-3(8)9;1-5(2,3)4/h9-10H,6-8H2,1-5H3;2H2,1H3,(H3,5,6)(H,8,9);(H3,1,2,3,4)/t10-;;/m1../s1. The highest BCUT2D eigenvalue weighted by atomic mass is 31.2. The SMILES string of the molecule is CC(C)CC(=O)O[C@H](CC(=O)O)C[N+](C)(C)C.CN(CC(=O)O)C(=N)N.O=P([O-])(O)O. The van der Waals surface area contributed by atoms with Crippen LogP contribution >= 0.6 is 7.82 Å². The molecule has 0 spiro atoms. The number of hydrogen-bond acceptors (Lipinski definition) is 7. The number of quaternary nitrogens is 1. The molecule has 0 saturated heterocycles. The second kappa shape index (κ2) is 15.5. The summed E-state index contributed by atoms with van der Waals surface area (Å²) in [4.78, 5) is 56.2. The molecule has 0 amide bonds. The van der Waals surface area contributed by atoms with Crippen LogP contribution in [0.3, 0.4) is 0 Å². The molecule has 0 heterocycles. The number of likely N-dealkylation sites (N-methyl/N-ethyl adjacent to an activating group) is 2. The van der Waals surface area contributed by atoms with Gasteiger partial charge in [-0.05, 0) is 5.92 Å². The van der Waals surface area contributed by atoms with Gasteiger partial charge >= 0.3 is 17.9 Å².